The van der Waals surface area contributed by atoms with Crippen molar-refractivity contribution < 1.29 is 29.3 Å². The largest absolute Gasteiger partial charge is 0.481 e. The van der Waals surface area contributed by atoms with Gasteiger partial charge in [-0.3, -0.25) is 14.4 Å². The van der Waals surface area contributed by atoms with Gasteiger partial charge in [0, 0.05) is 11.4 Å². The van der Waals surface area contributed by atoms with Crippen LogP contribution in [0.2, 0.25) is 0 Å². The number of hydrogen-bond acceptors (Lipinski definition) is 7. The number of aliphatic hydroxyl groups excluding tert-OH is 1. The monoisotopic (exact) mass is 609 g/mol. The van der Waals surface area contributed by atoms with Crippen LogP contribution in [0, 0.1) is 11.8 Å². The number of alkyl halides is 1. The first kappa shape index (κ1) is 26.6. The second kappa shape index (κ2) is 10.1. The number of aliphatic carboxylic acids is 1. The van der Waals surface area contributed by atoms with Crippen LogP contribution in [-0.2, 0) is 25.8 Å². The highest BCUT2D eigenvalue weighted by Gasteiger charge is 2.77. The molecule has 6 rings (SSSR count). The lowest BCUT2D eigenvalue weighted by Gasteiger charge is -2.39. The summed E-state index contributed by atoms with van der Waals surface area (Å²) in [4.78, 5) is 43.7. The number of ether oxygens (including phenoxy) is 1. The zero-order chi connectivity index (χ0) is 28.2. The maximum Gasteiger partial charge on any atom is 0.310 e. The number of rotatable bonds is 9. The van der Waals surface area contributed by atoms with Gasteiger partial charge in [-0.2, -0.15) is 0 Å². The molecule has 1 spiro atoms. The van der Waals surface area contributed by atoms with E-state index >= 15 is 0 Å². The summed E-state index contributed by atoms with van der Waals surface area (Å²) in [5, 5.41) is 29.1. The number of fused-ring (bicyclic) bond motifs is 2. The van der Waals surface area contributed by atoms with Gasteiger partial charge in [0.05, 0.1) is 36.1 Å². The maximum atomic E-state index is 14.6. The molecule has 3 aliphatic heterocycles. The van der Waals surface area contributed by atoms with E-state index in [1.54, 1.807) is 35.0 Å². The van der Waals surface area contributed by atoms with E-state index in [1.165, 1.54) is 9.80 Å². The molecule has 2 amide bonds. The molecule has 2 bridgehead atoms. The Hall–Kier alpha value is -3.61. The van der Waals surface area contributed by atoms with E-state index in [1.807, 2.05) is 30.3 Å². The summed E-state index contributed by atoms with van der Waals surface area (Å²) in [7, 11) is 0. The predicted octanol–water partition coefficient (Wildman–Crippen LogP) is 1.97. The van der Waals surface area contributed by atoms with Crippen LogP contribution in [0.5, 0.6) is 0 Å². The first-order valence-electron chi connectivity index (χ1n) is 13.0. The van der Waals surface area contributed by atoms with Gasteiger partial charge < -0.3 is 24.7 Å². The average molecular weight is 610 g/mol. The van der Waals surface area contributed by atoms with Crippen molar-refractivity contribution in [2.75, 3.05) is 13.2 Å². The molecule has 0 radical (unpaired) electrons. The van der Waals surface area contributed by atoms with E-state index < -0.39 is 60.0 Å². The zero-order valence-corrected chi connectivity index (χ0v) is 23.0. The number of carbonyl (C=O) groups is 3. The Labute approximate surface area is 238 Å². The number of benzene rings is 2. The molecule has 3 aromatic rings. The van der Waals surface area contributed by atoms with Crippen LogP contribution in [0.25, 0.3) is 11.0 Å². The lowest BCUT2D eigenvalue weighted by atomic mass is 9.70. The number of aromatic nitrogens is 3. The SMILES string of the molecule is C=CCN(Cn1nnc2ccccc21)C(=O)C1N([C@H](CO)c2ccccc2)C(=O)[C@@H]2[C@@H](C(=O)O)[C@@H]3OC12CC3Br. The van der Waals surface area contributed by atoms with Crippen LogP contribution in [0.4, 0.5) is 0 Å². The van der Waals surface area contributed by atoms with Crippen molar-refractivity contribution in [1.29, 1.82) is 0 Å². The number of hydrogen-bond donors (Lipinski definition) is 2. The van der Waals surface area contributed by atoms with E-state index in [9.17, 15) is 24.6 Å². The lowest BCUT2D eigenvalue weighted by Crippen LogP contribution is -2.57. The van der Waals surface area contributed by atoms with Gasteiger partial charge in [-0.05, 0) is 24.1 Å². The van der Waals surface area contributed by atoms with Gasteiger partial charge in [0.15, 0.2) is 0 Å². The Morgan fingerprint density at radius 1 is 1.23 bits per heavy atom. The predicted molar refractivity (Wildman–Crippen MR) is 146 cm³/mol. The highest BCUT2D eigenvalue weighted by Crippen LogP contribution is 2.61. The van der Waals surface area contributed by atoms with Crippen molar-refractivity contribution in [2.24, 2.45) is 11.8 Å². The molecule has 3 unspecified atom stereocenters. The number of nitrogens with zero attached hydrogens (tertiary/aromatic N) is 5. The molecule has 7 atom stereocenters. The minimum Gasteiger partial charge on any atom is -0.481 e. The average Bonchev–Trinajstić information content (AvgIpc) is 3.67. The molecule has 3 aliphatic rings. The smallest absolute Gasteiger partial charge is 0.310 e. The quantitative estimate of drug-likeness (QED) is 0.277. The highest BCUT2D eigenvalue weighted by atomic mass is 79.9. The van der Waals surface area contributed by atoms with E-state index in [2.05, 4.69) is 32.8 Å². The molecular weight excluding hydrogens is 582 g/mol. The molecule has 0 saturated carbocycles. The number of para-hydroxylation sites is 1. The Morgan fingerprint density at radius 3 is 2.65 bits per heavy atom. The molecule has 4 heterocycles. The molecule has 2 N–H and O–H groups in total. The Bertz CT molecular complexity index is 1480. The third kappa shape index (κ3) is 3.88. The molecule has 12 heteroatoms. The van der Waals surface area contributed by atoms with Crippen molar-refractivity contribution >= 4 is 44.7 Å². The van der Waals surface area contributed by atoms with E-state index in [0.717, 1.165) is 5.52 Å². The Morgan fingerprint density at radius 2 is 1.95 bits per heavy atom. The number of amides is 2. The first-order valence-corrected chi connectivity index (χ1v) is 13.9. The van der Waals surface area contributed by atoms with Crippen LogP contribution in [-0.4, -0.2) is 88.5 Å². The minimum atomic E-state index is -1.39. The van der Waals surface area contributed by atoms with Crippen molar-refractivity contribution in [1.82, 2.24) is 24.8 Å². The maximum absolute atomic E-state index is 14.6. The normalized spacial score (nSPS) is 29.5. The number of aliphatic hydroxyl groups is 1. The summed E-state index contributed by atoms with van der Waals surface area (Å²) < 4.78 is 7.98. The first-order chi connectivity index (χ1) is 19.3. The summed E-state index contributed by atoms with van der Waals surface area (Å²) in [6.07, 6.45) is 1.08. The number of carboxylic acid groups (broad SMARTS) is 1. The standard InChI is InChI=1S/C28H28BrN5O6/c1-2-12-32(15-33-19-11-7-6-10-18(19)30-31-33)26(37)24-28-13-17(29)23(40-28)21(27(38)39)22(28)25(36)34(24)20(14-35)16-8-4-3-5-9-16/h2-11,17,20-24,35H,1,12-15H2,(H,38,39)/t17?,20-,21-,22+,23-,24?,28?/m1/s1. The Balaban J connectivity index is 1.46. The zero-order valence-electron chi connectivity index (χ0n) is 21.4. The summed E-state index contributed by atoms with van der Waals surface area (Å²) in [5.41, 5.74) is 0.629. The molecule has 3 saturated heterocycles. The number of carboxylic acids is 1. The van der Waals surface area contributed by atoms with Gasteiger partial charge >= 0.3 is 5.97 Å². The van der Waals surface area contributed by atoms with Gasteiger partial charge in [-0.1, -0.05) is 69.7 Å². The second-order valence-electron chi connectivity index (χ2n) is 10.4. The number of likely N-dealkylation sites (tertiary alicyclic amines) is 1. The summed E-state index contributed by atoms with van der Waals surface area (Å²) in [6, 6.07) is 14.2. The fourth-order valence-corrected chi connectivity index (χ4v) is 7.67. The molecule has 208 valence electrons. The summed E-state index contributed by atoms with van der Waals surface area (Å²) >= 11 is 3.56. The van der Waals surface area contributed by atoms with Gasteiger partial charge in [-0.25, -0.2) is 4.68 Å². The van der Waals surface area contributed by atoms with Crippen LogP contribution in [0.3, 0.4) is 0 Å². The van der Waals surface area contributed by atoms with Crippen LogP contribution in [0.1, 0.15) is 18.0 Å². The van der Waals surface area contributed by atoms with Crippen molar-refractivity contribution in [2.45, 2.75) is 41.7 Å². The fraction of sp³-hybridized carbons (Fsp3) is 0.393. The van der Waals surface area contributed by atoms with Crippen molar-refractivity contribution in [3.05, 3.63) is 72.8 Å². The molecule has 11 nitrogen and oxygen atoms in total. The molecule has 40 heavy (non-hydrogen) atoms. The van der Waals surface area contributed by atoms with Gasteiger partial charge in [0.1, 0.15) is 23.8 Å². The van der Waals surface area contributed by atoms with Crippen LogP contribution >= 0.6 is 15.9 Å². The molecule has 2 aromatic carbocycles. The van der Waals surface area contributed by atoms with Gasteiger partial charge in [-0.15, -0.1) is 11.7 Å². The lowest BCUT2D eigenvalue weighted by molar-refractivity contribution is -0.154. The second-order valence-corrected chi connectivity index (χ2v) is 11.6. The third-order valence-electron chi connectivity index (χ3n) is 8.33. The number of carbonyl (C=O) groups excluding carboxylic acids is 2. The van der Waals surface area contributed by atoms with E-state index in [0.29, 0.717) is 11.1 Å². The number of halogens is 1. The van der Waals surface area contributed by atoms with Gasteiger partial charge in [0.2, 0.25) is 11.8 Å². The van der Waals surface area contributed by atoms with E-state index in [-0.39, 0.29) is 24.5 Å². The molecule has 0 aliphatic carbocycles. The minimum absolute atomic E-state index is 0.0172. The third-order valence-corrected chi connectivity index (χ3v) is 9.17. The summed E-state index contributed by atoms with van der Waals surface area (Å²) in [6.45, 7) is 3.50. The molecule has 3 fully saturated rings. The van der Waals surface area contributed by atoms with Gasteiger partial charge in [0.25, 0.3) is 0 Å². The molecular formula is C28H28BrN5O6. The van der Waals surface area contributed by atoms with Crippen molar-refractivity contribution in [3.8, 4) is 0 Å². The van der Waals surface area contributed by atoms with Crippen LogP contribution in [0.15, 0.2) is 67.3 Å². The Kier molecular flexibility index (Phi) is 6.71. The van der Waals surface area contributed by atoms with E-state index in [4.69, 9.17) is 4.74 Å². The topological polar surface area (TPSA) is 138 Å². The fourth-order valence-electron chi connectivity index (χ4n) is 6.72. The van der Waals surface area contributed by atoms with Crippen LogP contribution < -0.4 is 0 Å². The summed E-state index contributed by atoms with van der Waals surface area (Å²) in [5.74, 6) is -4.32. The van der Waals surface area contributed by atoms with Crippen molar-refractivity contribution in [3.63, 3.8) is 0 Å². The highest BCUT2D eigenvalue weighted by molar-refractivity contribution is 9.09. The molecule has 1 aromatic heterocycles.